The Kier molecular flexibility index (Phi) is 5.18. The molecule has 5 nitrogen and oxygen atoms in total. The number of rotatable bonds is 6. The van der Waals surface area contributed by atoms with Crippen molar-refractivity contribution < 1.29 is 18.3 Å². The Bertz CT molecular complexity index is 770. The second kappa shape index (κ2) is 6.93. The molecule has 2 aromatic rings. The number of aliphatic carboxylic acids is 1. The Morgan fingerprint density at radius 2 is 1.61 bits per heavy atom. The molecule has 0 aliphatic rings. The molecule has 0 aromatic heterocycles. The summed E-state index contributed by atoms with van der Waals surface area (Å²) in [7, 11) is -3.82. The van der Waals surface area contributed by atoms with E-state index in [1.54, 1.807) is 42.5 Å². The minimum absolute atomic E-state index is 0.113. The Balaban J connectivity index is 2.37. The minimum Gasteiger partial charge on any atom is -0.481 e. The van der Waals surface area contributed by atoms with Gasteiger partial charge in [0.1, 0.15) is 0 Å². The van der Waals surface area contributed by atoms with E-state index in [1.165, 1.54) is 19.1 Å². The molecule has 0 heterocycles. The molecule has 0 fully saturated rings. The van der Waals surface area contributed by atoms with Crippen molar-refractivity contribution in [2.75, 3.05) is 0 Å². The van der Waals surface area contributed by atoms with Crippen molar-refractivity contribution in [1.82, 2.24) is 4.72 Å². The van der Waals surface area contributed by atoms with Crippen LogP contribution in [-0.4, -0.2) is 19.5 Å². The first-order valence-corrected chi connectivity index (χ1v) is 8.66. The Morgan fingerprint density at radius 1 is 1.04 bits per heavy atom. The quantitative estimate of drug-likeness (QED) is 0.851. The van der Waals surface area contributed by atoms with Crippen LogP contribution in [-0.2, 0) is 14.8 Å². The first-order chi connectivity index (χ1) is 10.8. The van der Waals surface area contributed by atoms with E-state index in [4.69, 9.17) is 0 Å². The van der Waals surface area contributed by atoms with Gasteiger partial charge < -0.3 is 5.11 Å². The van der Waals surface area contributed by atoms with Crippen LogP contribution in [0.5, 0.6) is 0 Å². The number of carbonyl (C=O) groups is 1. The SMILES string of the molecule is Cc1ccc(S(=O)(=O)N[C@@H](c2ccccc2)[C@@H](C)C(=O)O)cc1. The molecule has 0 aliphatic heterocycles. The highest BCUT2D eigenvalue weighted by atomic mass is 32.2. The van der Waals surface area contributed by atoms with Crippen LogP contribution in [0, 0.1) is 12.8 Å². The summed E-state index contributed by atoms with van der Waals surface area (Å²) in [5.41, 5.74) is 1.56. The molecule has 122 valence electrons. The summed E-state index contributed by atoms with van der Waals surface area (Å²) in [6, 6.07) is 14.3. The summed E-state index contributed by atoms with van der Waals surface area (Å²) in [6.07, 6.45) is 0. The predicted molar refractivity (Wildman–Crippen MR) is 87.5 cm³/mol. The normalized spacial score (nSPS) is 14.2. The van der Waals surface area contributed by atoms with Crippen molar-refractivity contribution in [3.05, 3.63) is 65.7 Å². The number of nitrogens with one attached hydrogen (secondary N) is 1. The Labute approximate surface area is 136 Å². The topological polar surface area (TPSA) is 83.5 Å². The molecule has 0 spiro atoms. The molecule has 0 saturated heterocycles. The third-order valence-corrected chi connectivity index (χ3v) is 5.12. The molecule has 6 heteroatoms. The molecule has 0 radical (unpaired) electrons. The van der Waals surface area contributed by atoms with E-state index in [1.807, 2.05) is 6.92 Å². The molecular formula is C17H19NO4S. The van der Waals surface area contributed by atoms with Crippen LogP contribution in [0.1, 0.15) is 24.1 Å². The van der Waals surface area contributed by atoms with Crippen LogP contribution in [0.15, 0.2) is 59.5 Å². The van der Waals surface area contributed by atoms with Crippen LogP contribution in [0.2, 0.25) is 0 Å². The zero-order chi connectivity index (χ0) is 17.0. The lowest BCUT2D eigenvalue weighted by atomic mass is 9.96. The number of sulfonamides is 1. The summed E-state index contributed by atoms with van der Waals surface area (Å²) < 4.78 is 27.6. The zero-order valence-electron chi connectivity index (χ0n) is 12.9. The monoisotopic (exact) mass is 333 g/mol. The molecule has 0 unspecified atom stereocenters. The van der Waals surface area contributed by atoms with E-state index in [2.05, 4.69) is 4.72 Å². The van der Waals surface area contributed by atoms with Crippen molar-refractivity contribution in [1.29, 1.82) is 0 Å². The second-order valence-corrected chi connectivity index (χ2v) is 7.16. The van der Waals surface area contributed by atoms with Gasteiger partial charge in [0.2, 0.25) is 10.0 Å². The van der Waals surface area contributed by atoms with Gasteiger partial charge in [0.15, 0.2) is 0 Å². The average molecular weight is 333 g/mol. The van der Waals surface area contributed by atoms with Crippen LogP contribution in [0.4, 0.5) is 0 Å². The molecule has 2 rings (SSSR count). The summed E-state index contributed by atoms with van der Waals surface area (Å²) in [4.78, 5) is 11.5. The van der Waals surface area contributed by atoms with Gasteiger partial charge in [-0.1, -0.05) is 55.0 Å². The highest BCUT2D eigenvalue weighted by molar-refractivity contribution is 7.89. The van der Waals surface area contributed by atoms with Crippen LogP contribution >= 0.6 is 0 Å². The number of hydrogen-bond acceptors (Lipinski definition) is 3. The first kappa shape index (κ1) is 17.2. The number of aryl methyl sites for hydroxylation is 1. The third-order valence-electron chi connectivity index (χ3n) is 3.66. The van der Waals surface area contributed by atoms with Crippen LogP contribution in [0.25, 0.3) is 0 Å². The van der Waals surface area contributed by atoms with Crippen molar-refractivity contribution in [3.63, 3.8) is 0 Å². The third kappa shape index (κ3) is 4.18. The van der Waals surface area contributed by atoms with Gasteiger partial charge in [-0.25, -0.2) is 13.1 Å². The van der Waals surface area contributed by atoms with Crippen molar-refractivity contribution in [2.24, 2.45) is 5.92 Å². The van der Waals surface area contributed by atoms with Gasteiger partial charge in [0.25, 0.3) is 0 Å². The van der Waals surface area contributed by atoms with Gasteiger partial charge in [-0.2, -0.15) is 0 Å². The molecule has 0 amide bonds. The number of benzene rings is 2. The fraction of sp³-hybridized carbons (Fsp3) is 0.235. The average Bonchev–Trinajstić information content (AvgIpc) is 2.53. The zero-order valence-corrected chi connectivity index (χ0v) is 13.7. The maximum atomic E-state index is 12.6. The maximum Gasteiger partial charge on any atom is 0.308 e. The smallest absolute Gasteiger partial charge is 0.308 e. The highest BCUT2D eigenvalue weighted by Gasteiger charge is 2.29. The summed E-state index contributed by atoms with van der Waals surface area (Å²) >= 11 is 0. The van der Waals surface area contributed by atoms with E-state index < -0.39 is 28.0 Å². The molecule has 0 bridgehead atoms. The standard InChI is InChI=1S/C17H19NO4S/c1-12-8-10-15(11-9-12)23(21,22)18-16(13(2)17(19)20)14-6-4-3-5-7-14/h3-11,13,16,18H,1-2H3,(H,19,20)/t13-,16-/m1/s1. The van der Waals surface area contributed by atoms with Crippen LogP contribution in [0.3, 0.4) is 0 Å². The molecule has 2 N–H and O–H groups in total. The van der Waals surface area contributed by atoms with E-state index >= 15 is 0 Å². The summed E-state index contributed by atoms with van der Waals surface area (Å²) in [6.45, 7) is 3.35. The molecular weight excluding hydrogens is 314 g/mol. The lowest BCUT2D eigenvalue weighted by Crippen LogP contribution is -2.35. The molecule has 23 heavy (non-hydrogen) atoms. The predicted octanol–water partition coefficient (Wildman–Crippen LogP) is 2.74. The van der Waals surface area contributed by atoms with E-state index in [0.717, 1.165) is 5.56 Å². The second-order valence-electron chi connectivity index (χ2n) is 5.45. The van der Waals surface area contributed by atoms with Crippen LogP contribution < -0.4 is 4.72 Å². The molecule has 0 saturated carbocycles. The maximum absolute atomic E-state index is 12.6. The molecule has 2 aromatic carbocycles. The van der Waals surface area contributed by atoms with Gasteiger partial charge in [-0.05, 0) is 24.6 Å². The van der Waals surface area contributed by atoms with Gasteiger partial charge in [-0.3, -0.25) is 4.79 Å². The highest BCUT2D eigenvalue weighted by Crippen LogP contribution is 2.25. The first-order valence-electron chi connectivity index (χ1n) is 7.18. The Morgan fingerprint density at radius 3 is 2.13 bits per heavy atom. The Hall–Kier alpha value is -2.18. The fourth-order valence-corrected chi connectivity index (χ4v) is 3.52. The molecule has 0 aliphatic carbocycles. The van der Waals surface area contributed by atoms with E-state index in [-0.39, 0.29) is 4.90 Å². The minimum atomic E-state index is -3.82. The summed E-state index contributed by atoms with van der Waals surface area (Å²) in [5, 5.41) is 9.28. The largest absolute Gasteiger partial charge is 0.481 e. The van der Waals surface area contributed by atoms with Crippen molar-refractivity contribution >= 4 is 16.0 Å². The summed E-state index contributed by atoms with van der Waals surface area (Å²) in [5.74, 6) is -1.97. The van der Waals surface area contributed by atoms with Crippen molar-refractivity contribution in [3.8, 4) is 0 Å². The number of carboxylic acids is 1. The molecule has 2 atom stereocenters. The van der Waals surface area contributed by atoms with Gasteiger partial charge >= 0.3 is 5.97 Å². The van der Waals surface area contributed by atoms with E-state index in [0.29, 0.717) is 5.56 Å². The number of hydrogen-bond donors (Lipinski definition) is 2. The fourth-order valence-electron chi connectivity index (χ4n) is 2.21. The van der Waals surface area contributed by atoms with E-state index in [9.17, 15) is 18.3 Å². The lowest BCUT2D eigenvalue weighted by molar-refractivity contribution is -0.142. The lowest BCUT2D eigenvalue weighted by Gasteiger charge is -2.23. The van der Waals surface area contributed by atoms with Gasteiger partial charge in [-0.15, -0.1) is 0 Å². The van der Waals surface area contributed by atoms with Gasteiger partial charge in [0.05, 0.1) is 16.9 Å². The van der Waals surface area contributed by atoms with Gasteiger partial charge in [0, 0.05) is 0 Å². The van der Waals surface area contributed by atoms with Crippen molar-refractivity contribution in [2.45, 2.75) is 24.8 Å². The number of carboxylic acid groups (broad SMARTS) is 1.